The number of imide groups is 1. The highest BCUT2D eigenvalue weighted by molar-refractivity contribution is 6.37. The first-order valence-corrected chi connectivity index (χ1v) is 12.0. The lowest BCUT2D eigenvalue weighted by Gasteiger charge is -2.27. The van der Waals surface area contributed by atoms with E-state index in [9.17, 15) is 24.0 Å². The molecule has 3 atom stereocenters. The zero-order chi connectivity index (χ0) is 26.1. The molecule has 6 rings (SSSR count). The molecule has 9 heteroatoms. The van der Waals surface area contributed by atoms with Crippen molar-refractivity contribution in [3.8, 4) is 0 Å². The number of hydrogen-bond donors (Lipinski definition) is 1. The van der Waals surface area contributed by atoms with Crippen molar-refractivity contribution in [2.24, 2.45) is 11.8 Å². The first-order chi connectivity index (χ1) is 17.7. The topological polar surface area (TPSA) is 110 Å². The van der Waals surface area contributed by atoms with Gasteiger partial charge in [-0.05, 0) is 42.0 Å². The van der Waals surface area contributed by atoms with E-state index in [4.69, 9.17) is 16.3 Å². The van der Waals surface area contributed by atoms with Crippen LogP contribution in [0.4, 0.5) is 11.4 Å². The zero-order valence-corrected chi connectivity index (χ0v) is 20.2. The van der Waals surface area contributed by atoms with Crippen molar-refractivity contribution >= 4 is 52.3 Å². The van der Waals surface area contributed by atoms with Crippen molar-refractivity contribution in [1.82, 2.24) is 0 Å². The molecule has 0 saturated carbocycles. The molecule has 2 heterocycles. The van der Waals surface area contributed by atoms with Crippen LogP contribution in [0.5, 0.6) is 0 Å². The lowest BCUT2D eigenvalue weighted by molar-refractivity contribution is -0.127. The second kappa shape index (κ2) is 8.19. The Morgan fingerprint density at radius 1 is 0.865 bits per heavy atom. The third kappa shape index (κ3) is 3.22. The van der Waals surface area contributed by atoms with E-state index in [1.54, 1.807) is 48.5 Å². The van der Waals surface area contributed by atoms with Crippen molar-refractivity contribution in [2.75, 3.05) is 10.2 Å². The lowest BCUT2D eigenvalue weighted by Crippen LogP contribution is -2.51. The quantitative estimate of drug-likeness (QED) is 0.418. The normalized spacial score (nSPS) is 23.5. The second-order valence-electron chi connectivity index (χ2n) is 9.27. The van der Waals surface area contributed by atoms with E-state index in [1.165, 1.54) is 31.2 Å². The molecule has 1 aliphatic carbocycles. The van der Waals surface area contributed by atoms with Crippen molar-refractivity contribution in [3.63, 3.8) is 0 Å². The number of nitrogens with zero attached hydrogens (tertiary/aromatic N) is 1. The molecular formula is C28H19ClN2O6. The molecule has 37 heavy (non-hydrogen) atoms. The van der Waals surface area contributed by atoms with Crippen LogP contribution in [0.2, 0.25) is 5.02 Å². The Labute approximate surface area is 216 Å². The molecule has 2 saturated heterocycles. The number of anilines is 2. The Kier molecular flexibility index (Phi) is 5.15. The number of Topliss-reactive ketones (excluding diaryl/α,β-unsaturated/α-hetero) is 2. The maximum absolute atomic E-state index is 13.9. The minimum atomic E-state index is -2.14. The third-order valence-corrected chi connectivity index (χ3v) is 7.42. The Bertz CT molecular complexity index is 1480. The molecule has 3 aromatic rings. The molecule has 1 spiro atoms. The van der Waals surface area contributed by atoms with Crippen LogP contribution < -0.4 is 10.2 Å². The average Bonchev–Trinajstić information content (AvgIpc) is 3.45. The minimum absolute atomic E-state index is 0.168. The number of benzene rings is 3. The smallest absolute Gasteiger partial charge is 0.241 e. The van der Waals surface area contributed by atoms with Gasteiger partial charge in [-0.1, -0.05) is 48.0 Å². The van der Waals surface area contributed by atoms with Crippen LogP contribution in [0.25, 0.3) is 0 Å². The van der Waals surface area contributed by atoms with Crippen LogP contribution in [0.3, 0.4) is 0 Å². The first kappa shape index (κ1) is 23.3. The first-order valence-electron chi connectivity index (χ1n) is 11.6. The number of carbonyl (C=O) groups is 5. The van der Waals surface area contributed by atoms with Gasteiger partial charge in [0.05, 0.1) is 23.6 Å². The summed E-state index contributed by atoms with van der Waals surface area (Å²) >= 11 is 6.05. The van der Waals surface area contributed by atoms with E-state index in [-0.39, 0.29) is 22.7 Å². The molecule has 2 fully saturated rings. The fourth-order valence-electron chi connectivity index (χ4n) is 5.62. The van der Waals surface area contributed by atoms with Gasteiger partial charge in [0.1, 0.15) is 0 Å². The van der Waals surface area contributed by atoms with Gasteiger partial charge < -0.3 is 10.1 Å². The van der Waals surface area contributed by atoms with E-state index in [0.717, 1.165) is 4.90 Å². The number of hydrogen-bond acceptors (Lipinski definition) is 6. The predicted molar refractivity (Wildman–Crippen MR) is 133 cm³/mol. The van der Waals surface area contributed by atoms with Gasteiger partial charge in [-0.3, -0.25) is 24.0 Å². The van der Waals surface area contributed by atoms with E-state index in [1.807, 2.05) is 0 Å². The van der Waals surface area contributed by atoms with Gasteiger partial charge in [0, 0.05) is 28.8 Å². The summed E-state index contributed by atoms with van der Waals surface area (Å²) in [6, 6.07) is 19.1. The second-order valence-corrected chi connectivity index (χ2v) is 9.71. The summed E-state index contributed by atoms with van der Waals surface area (Å²) in [7, 11) is 0. The summed E-state index contributed by atoms with van der Waals surface area (Å²) in [4.78, 5) is 67.7. The predicted octanol–water partition coefficient (Wildman–Crippen LogP) is 3.99. The summed E-state index contributed by atoms with van der Waals surface area (Å²) in [5.41, 5.74) is -0.527. The Morgan fingerprint density at radius 2 is 1.46 bits per heavy atom. The summed E-state index contributed by atoms with van der Waals surface area (Å²) in [5, 5.41) is 3.09. The standard InChI is InChI=1S/C28H19ClN2O6/c1-14(32)30-17-10-12-18(13-11-17)31-26(35)21-22(27(31)36)28(37-23(21)15-6-8-16(29)9-7-15)24(33)19-4-2-3-5-20(19)25(28)34/h2-13,21-23H,1H3,(H,30,32)/t21-,22+,23-/m1/s1. The monoisotopic (exact) mass is 514 g/mol. The maximum Gasteiger partial charge on any atom is 0.241 e. The lowest BCUT2D eigenvalue weighted by atomic mass is 9.77. The van der Waals surface area contributed by atoms with Gasteiger partial charge in [0.25, 0.3) is 0 Å². The van der Waals surface area contributed by atoms with Crippen LogP contribution in [-0.2, 0) is 19.1 Å². The molecule has 0 bridgehead atoms. The molecular weight excluding hydrogens is 496 g/mol. The van der Waals surface area contributed by atoms with Crippen LogP contribution in [-0.4, -0.2) is 34.9 Å². The number of ether oxygens (including phenoxy) is 1. The summed E-state index contributed by atoms with van der Waals surface area (Å²) in [5.74, 6) is -5.22. The van der Waals surface area contributed by atoms with Crippen LogP contribution in [0, 0.1) is 11.8 Å². The molecule has 8 nitrogen and oxygen atoms in total. The number of rotatable bonds is 3. The van der Waals surface area contributed by atoms with E-state index in [2.05, 4.69) is 5.32 Å². The molecule has 0 unspecified atom stereocenters. The molecule has 3 amide bonds. The Morgan fingerprint density at radius 3 is 2.03 bits per heavy atom. The fraction of sp³-hybridized carbons (Fsp3) is 0.179. The number of nitrogens with one attached hydrogen (secondary N) is 1. The number of ketones is 2. The number of halogens is 1. The highest BCUT2D eigenvalue weighted by Crippen LogP contribution is 2.57. The van der Waals surface area contributed by atoms with E-state index < -0.39 is 46.9 Å². The van der Waals surface area contributed by atoms with Crippen LogP contribution in [0.15, 0.2) is 72.8 Å². The summed E-state index contributed by atoms with van der Waals surface area (Å²) < 4.78 is 6.24. The Balaban J connectivity index is 1.48. The minimum Gasteiger partial charge on any atom is -0.349 e. The van der Waals surface area contributed by atoms with Gasteiger partial charge in [-0.2, -0.15) is 0 Å². The van der Waals surface area contributed by atoms with Gasteiger partial charge in [0.15, 0.2) is 0 Å². The van der Waals surface area contributed by atoms with Crippen LogP contribution in [0.1, 0.15) is 39.3 Å². The van der Waals surface area contributed by atoms with Crippen molar-refractivity contribution < 1.29 is 28.7 Å². The number of carbonyl (C=O) groups excluding carboxylic acids is 5. The van der Waals surface area contributed by atoms with Crippen molar-refractivity contribution in [2.45, 2.75) is 18.6 Å². The maximum atomic E-state index is 13.9. The summed E-state index contributed by atoms with van der Waals surface area (Å²) in [6.45, 7) is 1.37. The van der Waals surface area contributed by atoms with Crippen molar-refractivity contribution in [3.05, 3.63) is 94.5 Å². The number of amides is 3. The molecule has 3 aromatic carbocycles. The van der Waals surface area contributed by atoms with Crippen LogP contribution >= 0.6 is 11.6 Å². The highest BCUT2D eigenvalue weighted by Gasteiger charge is 2.74. The molecule has 1 N–H and O–H groups in total. The van der Waals surface area contributed by atoms with Crippen molar-refractivity contribution in [1.29, 1.82) is 0 Å². The van der Waals surface area contributed by atoms with E-state index in [0.29, 0.717) is 16.3 Å². The fourth-order valence-corrected chi connectivity index (χ4v) is 5.75. The average molecular weight is 515 g/mol. The van der Waals surface area contributed by atoms with E-state index >= 15 is 0 Å². The Hall–Kier alpha value is -4.14. The molecule has 0 aromatic heterocycles. The molecule has 0 radical (unpaired) electrons. The summed E-state index contributed by atoms with van der Waals surface area (Å²) in [6.07, 6.45) is -1.02. The van der Waals surface area contributed by atoms with Gasteiger partial charge in [0.2, 0.25) is 34.9 Å². The number of fused-ring (bicyclic) bond motifs is 3. The third-order valence-electron chi connectivity index (χ3n) is 7.16. The molecule has 2 aliphatic heterocycles. The molecule has 3 aliphatic rings. The van der Waals surface area contributed by atoms with Gasteiger partial charge in [-0.25, -0.2) is 4.90 Å². The largest absolute Gasteiger partial charge is 0.349 e. The highest BCUT2D eigenvalue weighted by atomic mass is 35.5. The molecule has 184 valence electrons. The van der Waals surface area contributed by atoms with Gasteiger partial charge in [-0.15, -0.1) is 0 Å². The zero-order valence-electron chi connectivity index (χ0n) is 19.4. The van der Waals surface area contributed by atoms with Gasteiger partial charge >= 0.3 is 0 Å². The SMILES string of the molecule is CC(=O)Nc1ccc(N2C(=O)[C@H]3[C@@H](c4ccc(Cl)cc4)OC4(C(=O)c5ccccc5C4=O)[C@@H]3C2=O)cc1.